The highest BCUT2D eigenvalue weighted by Gasteiger charge is 2.59. The number of Topliss-reactive ketones (excluding diaryl/α,β-unsaturated/α-hetero) is 1. The maximum absolute atomic E-state index is 12.4. The summed E-state index contributed by atoms with van der Waals surface area (Å²) in [6.45, 7) is 0. The summed E-state index contributed by atoms with van der Waals surface area (Å²) in [5.74, 6) is -5.12. The molecule has 0 unspecified atom stereocenters. The van der Waals surface area contributed by atoms with E-state index >= 15 is 0 Å². The Labute approximate surface area is 128 Å². The Hall–Kier alpha value is -2.41. The van der Waals surface area contributed by atoms with Gasteiger partial charge in [0.25, 0.3) is 0 Å². The number of rotatable bonds is 4. The average Bonchev–Trinajstić information content (AvgIpc) is 2.76. The summed E-state index contributed by atoms with van der Waals surface area (Å²) in [6, 6.07) is 3.39. The van der Waals surface area contributed by atoms with Gasteiger partial charge < -0.3 is 9.47 Å². The predicted molar refractivity (Wildman–Crippen MR) is 72.8 cm³/mol. The van der Waals surface area contributed by atoms with E-state index in [4.69, 9.17) is 0 Å². The van der Waals surface area contributed by atoms with Gasteiger partial charge in [0.15, 0.2) is 11.3 Å². The third-order valence-corrected chi connectivity index (χ3v) is 4.08. The molecule has 118 valence electrons. The van der Waals surface area contributed by atoms with Gasteiger partial charge in [0.1, 0.15) is 5.78 Å². The van der Waals surface area contributed by atoms with Crippen molar-refractivity contribution in [3.63, 3.8) is 0 Å². The molecule has 1 rings (SSSR count). The summed E-state index contributed by atoms with van der Waals surface area (Å²) in [4.78, 5) is 36.5. The second-order valence-electron chi connectivity index (χ2n) is 5.18. The zero-order valence-electron chi connectivity index (χ0n) is 12.6. The van der Waals surface area contributed by atoms with Crippen molar-refractivity contribution in [2.24, 2.45) is 17.3 Å². The molecule has 3 atom stereocenters. The van der Waals surface area contributed by atoms with Crippen LogP contribution in [0.3, 0.4) is 0 Å². The van der Waals surface area contributed by atoms with E-state index in [1.54, 1.807) is 12.1 Å². The summed E-state index contributed by atoms with van der Waals surface area (Å²) in [6.07, 6.45) is 2.56. The van der Waals surface area contributed by atoms with Gasteiger partial charge in [-0.3, -0.25) is 14.4 Å². The molecule has 7 nitrogen and oxygen atoms in total. The van der Waals surface area contributed by atoms with Gasteiger partial charge in [0.2, 0.25) is 0 Å². The lowest BCUT2D eigenvalue weighted by molar-refractivity contribution is -0.165. The first-order valence-electron chi connectivity index (χ1n) is 6.99. The van der Waals surface area contributed by atoms with Crippen LogP contribution in [0.25, 0.3) is 0 Å². The molecule has 1 fully saturated rings. The van der Waals surface area contributed by atoms with Crippen LogP contribution >= 0.6 is 0 Å². The molecule has 0 aromatic rings. The highest BCUT2D eigenvalue weighted by Crippen LogP contribution is 2.43. The van der Waals surface area contributed by atoms with Crippen LogP contribution in [0.4, 0.5) is 0 Å². The number of hydrogen-bond donors (Lipinski definition) is 0. The molecular weight excluding hydrogens is 288 g/mol. The Morgan fingerprint density at radius 3 is 2.41 bits per heavy atom. The number of carbonyl (C=O) groups excluding carboxylic acids is 3. The van der Waals surface area contributed by atoms with Gasteiger partial charge >= 0.3 is 11.9 Å². The van der Waals surface area contributed by atoms with Crippen molar-refractivity contribution in [2.75, 3.05) is 14.2 Å². The fourth-order valence-electron chi connectivity index (χ4n) is 2.92. The normalized spacial score (nSPS) is 22.2. The molecule has 1 aliphatic rings. The van der Waals surface area contributed by atoms with Crippen LogP contribution < -0.4 is 0 Å². The van der Waals surface area contributed by atoms with Gasteiger partial charge in [-0.1, -0.05) is 12.8 Å². The molecule has 0 aliphatic heterocycles. The first kappa shape index (κ1) is 17.6. The Bertz CT molecular complexity index is 545. The molecule has 0 aromatic carbocycles. The first-order chi connectivity index (χ1) is 10.5. The van der Waals surface area contributed by atoms with Crippen molar-refractivity contribution in [1.82, 2.24) is 0 Å². The van der Waals surface area contributed by atoms with E-state index in [0.29, 0.717) is 12.8 Å². The quantitative estimate of drug-likeness (QED) is 0.564. The lowest BCUT2D eigenvalue weighted by Crippen LogP contribution is -2.50. The number of ether oxygens (including phenoxy) is 2. The minimum Gasteiger partial charge on any atom is -0.468 e. The second kappa shape index (κ2) is 7.56. The van der Waals surface area contributed by atoms with Crippen molar-refractivity contribution in [1.29, 1.82) is 10.5 Å². The van der Waals surface area contributed by atoms with Crippen LogP contribution in [0.1, 0.15) is 32.1 Å². The third kappa shape index (κ3) is 2.94. The third-order valence-electron chi connectivity index (χ3n) is 4.08. The van der Waals surface area contributed by atoms with Crippen LogP contribution in [-0.4, -0.2) is 31.9 Å². The van der Waals surface area contributed by atoms with E-state index in [-0.39, 0.29) is 18.6 Å². The fraction of sp³-hybridized carbons (Fsp3) is 0.667. The molecule has 0 bridgehead atoms. The van der Waals surface area contributed by atoms with Crippen LogP contribution in [0.15, 0.2) is 0 Å². The van der Waals surface area contributed by atoms with Gasteiger partial charge in [-0.05, 0) is 12.8 Å². The molecular formula is C15H18N2O5. The van der Waals surface area contributed by atoms with Crippen molar-refractivity contribution in [3.05, 3.63) is 0 Å². The summed E-state index contributed by atoms with van der Waals surface area (Å²) < 4.78 is 9.19. The second-order valence-corrected chi connectivity index (χ2v) is 5.18. The average molecular weight is 306 g/mol. The van der Waals surface area contributed by atoms with Crippen molar-refractivity contribution < 1.29 is 23.9 Å². The Morgan fingerprint density at radius 1 is 1.23 bits per heavy atom. The minimum atomic E-state index is -2.17. The van der Waals surface area contributed by atoms with Crippen LogP contribution in [0, 0.1) is 39.9 Å². The zero-order chi connectivity index (χ0) is 16.8. The van der Waals surface area contributed by atoms with Gasteiger partial charge in [0.05, 0.1) is 26.4 Å². The Morgan fingerprint density at radius 2 is 1.91 bits per heavy atom. The number of carbonyl (C=O) groups is 3. The number of hydrogen-bond acceptors (Lipinski definition) is 7. The number of ketones is 1. The van der Waals surface area contributed by atoms with Crippen LogP contribution in [0.2, 0.25) is 0 Å². The summed E-state index contributed by atoms with van der Waals surface area (Å²) in [7, 11) is 2.11. The van der Waals surface area contributed by atoms with Crippen LogP contribution in [-0.2, 0) is 23.9 Å². The van der Waals surface area contributed by atoms with Gasteiger partial charge in [-0.15, -0.1) is 0 Å². The Kier molecular flexibility index (Phi) is 6.06. The standard InChI is InChI=1S/C15H18N2O5/c1-21-13(19)11(8-16)15(9-17,14(20)22-2)10-6-4-3-5-7-12(10)18/h10-11H,3-7H2,1-2H3/t10-,11-,15+/m0/s1. The van der Waals surface area contributed by atoms with Gasteiger partial charge in [-0.2, -0.15) is 10.5 Å². The van der Waals surface area contributed by atoms with E-state index in [9.17, 15) is 24.9 Å². The fourth-order valence-corrected chi connectivity index (χ4v) is 2.92. The molecule has 0 spiro atoms. The molecule has 0 amide bonds. The van der Waals surface area contributed by atoms with E-state index in [0.717, 1.165) is 20.6 Å². The van der Waals surface area contributed by atoms with Crippen molar-refractivity contribution in [2.45, 2.75) is 32.1 Å². The maximum Gasteiger partial charge on any atom is 0.328 e. The lowest BCUT2D eigenvalue weighted by atomic mass is 9.64. The van der Waals surface area contributed by atoms with Crippen molar-refractivity contribution >= 4 is 17.7 Å². The molecule has 0 radical (unpaired) electrons. The molecule has 0 aromatic heterocycles. The smallest absolute Gasteiger partial charge is 0.328 e. The van der Waals surface area contributed by atoms with E-state index in [2.05, 4.69) is 9.47 Å². The molecule has 0 saturated heterocycles. The summed E-state index contributed by atoms with van der Waals surface area (Å²) in [5.41, 5.74) is -2.17. The first-order valence-corrected chi connectivity index (χ1v) is 6.99. The molecule has 1 aliphatic carbocycles. The maximum atomic E-state index is 12.4. The molecule has 0 N–H and O–H groups in total. The minimum absolute atomic E-state index is 0.213. The molecule has 1 saturated carbocycles. The zero-order valence-corrected chi connectivity index (χ0v) is 12.6. The largest absolute Gasteiger partial charge is 0.468 e. The lowest BCUT2D eigenvalue weighted by Gasteiger charge is -2.32. The predicted octanol–water partition coefficient (Wildman–Crippen LogP) is 1.13. The number of esters is 2. The van der Waals surface area contributed by atoms with E-state index < -0.39 is 29.2 Å². The number of methoxy groups -OCH3 is 2. The monoisotopic (exact) mass is 306 g/mol. The molecule has 22 heavy (non-hydrogen) atoms. The van der Waals surface area contributed by atoms with Crippen LogP contribution in [0.5, 0.6) is 0 Å². The van der Waals surface area contributed by atoms with Gasteiger partial charge in [0, 0.05) is 12.3 Å². The SMILES string of the molecule is COC(=O)[C@H](C#N)[C@](C#N)(C(=O)OC)[C@H]1CCCCCC1=O. The number of nitrogens with zero attached hydrogens (tertiary/aromatic N) is 2. The van der Waals surface area contributed by atoms with E-state index in [1.807, 2.05) is 0 Å². The highest BCUT2D eigenvalue weighted by molar-refractivity contribution is 5.96. The van der Waals surface area contributed by atoms with Gasteiger partial charge in [-0.25, -0.2) is 0 Å². The highest BCUT2D eigenvalue weighted by atomic mass is 16.5. The molecule has 7 heteroatoms. The summed E-state index contributed by atoms with van der Waals surface area (Å²) >= 11 is 0. The van der Waals surface area contributed by atoms with E-state index in [1.165, 1.54) is 0 Å². The van der Waals surface area contributed by atoms with Crippen molar-refractivity contribution in [3.8, 4) is 12.1 Å². The topological polar surface area (TPSA) is 117 Å². The number of nitriles is 2. The Balaban J connectivity index is 3.47. The molecule has 0 heterocycles. The summed E-state index contributed by atoms with van der Waals surface area (Å²) in [5, 5.41) is 18.9.